The van der Waals surface area contributed by atoms with Gasteiger partial charge in [-0.1, -0.05) is 31.0 Å². The molecule has 0 saturated carbocycles. The van der Waals surface area contributed by atoms with Crippen LogP contribution >= 0.6 is 12.2 Å². The summed E-state index contributed by atoms with van der Waals surface area (Å²) >= 11 is 5.00. The van der Waals surface area contributed by atoms with Crippen LogP contribution in [0, 0.1) is 0 Å². The Balaban J connectivity index is 1.67. The van der Waals surface area contributed by atoms with E-state index in [1.807, 2.05) is 39.9 Å². The fraction of sp³-hybridized carbons (Fsp3) is 0.364. The van der Waals surface area contributed by atoms with Gasteiger partial charge in [-0.05, 0) is 37.2 Å². The first kappa shape index (κ1) is 20.3. The number of benzene rings is 1. The second kappa shape index (κ2) is 8.39. The monoisotopic (exact) mass is 424 g/mol. The molecule has 1 aromatic heterocycles. The van der Waals surface area contributed by atoms with Crippen LogP contribution in [0.25, 0.3) is 17.0 Å². The number of carbonyl (C=O) groups excluding carboxylic acids is 3. The molecule has 7 nitrogen and oxygen atoms in total. The topological polar surface area (TPSA) is 74.7 Å². The van der Waals surface area contributed by atoms with Crippen LogP contribution in [0.3, 0.4) is 0 Å². The van der Waals surface area contributed by atoms with Crippen molar-refractivity contribution in [2.24, 2.45) is 0 Å². The highest BCUT2D eigenvalue weighted by Gasteiger charge is 2.31. The number of carbonyl (C=O) groups is 3. The Morgan fingerprint density at radius 3 is 2.57 bits per heavy atom. The molecule has 0 radical (unpaired) electrons. The van der Waals surface area contributed by atoms with Crippen LogP contribution in [0.1, 0.15) is 31.2 Å². The number of rotatable bonds is 3. The summed E-state index contributed by atoms with van der Waals surface area (Å²) in [4.78, 5) is 41.0. The molecule has 0 aliphatic carbocycles. The molecular weight excluding hydrogens is 400 g/mol. The average Bonchev–Trinajstić information content (AvgIpc) is 2.91. The molecule has 1 aromatic carbocycles. The summed E-state index contributed by atoms with van der Waals surface area (Å²) in [6.07, 6.45) is 7.83. The second-order valence-electron chi connectivity index (χ2n) is 7.71. The third-order valence-corrected chi connectivity index (χ3v) is 6.06. The van der Waals surface area contributed by atoms with Gasteiger partial charge in [0.05, 0.1) is 0 Å². The van der Waals surface area contributed by atoms with Crippen molar-refractivity contribution < 1.29 is 14.4 Å². The molecule has 1 N–H and O–H groups in total. The number of thiocarbonyl (C=S) groups is 1. The smallest absolute Gasteiger partial charge is 0.265 e. The van der Waals surface area contributed by atoms with E-state index in [-0.39, 0.29) is 23.1 Å². The van der Waals surface area contributed by atoms with Crippen LogP contribution in [0.5, 0.6) is 0 Å². The number of fused-ring (bicyclic) bond motifs is 1. The van der Waals surface area contributed by atoms with Gasteiger partial charge in [0.15, 0.2) is 5.11 Å². The van der Waals surface area contributed by atoms with Crippen molar-refractivity contribution in [1.82, 2.24) is 19.7 Å². The molecule has 30 heavy (non-hydrogen) atoms. The Morgan fingerprint density at radius 2 is 1.83 bits per heavy atom. The molecule has 8 heteroatoms. The summed E-state index contributed by atoms with van der Waals surface area (Å²) in [6, 6.07) is 7.68. The molecule has 0 bridgehead atoms. The molecule has 2 fully saturated rings. The number of likely N-dealkylation sites (N-methyl/N-ethyl adjacent to an activating group) is 1. The SMILES string of the molecule is CN1C(=O)/C(=C\c2cn(CC(=O)N3CCCCCC3)c3ccccc23)C(=O)NC1=S. The maximum absolute atomic E-state index is 12.9. The predicted molar refractivity (Wildman–Crippen MR) is 118 cm³/mol. The number of para-hydroxylation sites is 1. The van der Waals surface area contributed by atoms with Gasteiger partial charge in [-0.15, -0.1) is 0 Å². The van der Waals surface area contributed by atoms with E-state index in [4.69, 9.17) is 12.2 Å². The maximum atomic E-state index is 12.9. The first-order chi connectivity index (χ1) is 14.5. The molecule has 0 unspecified atom stereocenters. The Bertz CT molecular complexity index is 1060. The van der Waals surface area contributed by atoms with Crippen LogP contribution in [0.2, 0.25) is 0 Å². The molecule has 2 aliphatic rings. The van der Waals surface area contributed by atoms with Gasteiger partial charge >= 0.3 is 0 Å². The summed E-state index contributed by atoms with van der Waals surface area (Å²) in [5.41, 5.74) is 1.63. The highest BCUT2D eigenvalue weighted by molar-refractivity contribution is 7.80. The van der Waals surface area contributed by atoms with Gasteiger partial charge in [0.25, 0.3) is 11.8 Å². The lowest BCUT2D eigenvalue weighted by Gasteiger charge is -2.24. The van der Waals surface area contributed by atoms with Gasteiger partial charge in [-0.25, -0.2) is 0 Å². The fourth-order valence-electron chi connectivity index (χ4n) is 3.99. The number of hydrogen-bond donors (Lipinski definition) is 1. The molecule has 2 aromatic rings. The molecule has 2 saturated heterocycles. The lowest BCUT2D eigenvalue weighted by atomic mass is 10.1. The van der Waals surface area contributed by atoms with E-state index in [9.17, 15) is 14.4 Å². The van der Waals surface area contributed by atoms with Gasteiger partial charge in [-0.2, -0.15) is 0 Å². The van der Waals surface area contributed by atoms with Gasteiger partial charge in [0, 0.05) is 42.8 Å². The molecule has 3 amide bonds. The zero-order chi connectivity index (χ0) is 21.3. The standard InChI is InChI=1S/C22H24N4O3S/c1-24-21(29)17(20(28)23-22(24)30)12-15-13-26(18-9-5-4-8-16(15)18)14-19(27)25-10-6-2-3-7-11-25/h4-5,8-9,12-13H,2-3,6-7,10-11,14H2,1H3,(H,23,28,30)/b17-12-. The van der Waals surface area contributed by atoms with Gasteiger partial charge < -0.3 is 9.47 Å². The quantitative estimate of drug-likeness (QED) is 0.466. The first-order valence-corrected chi connectivity index (χ1v) is 10.6. The van der Waals surface area contributed by atoms with Crippen LogP contribution in [0.4, 0.5) is 0 Å². The molecule has 3 heterocycles. The van der Waals surface area contributed by atoms with Crippen molar-refractivity contribution in [2.75, 3.05) is 20.1 Å². The number of amides is 3. The number of nitrogens with one attached hydrogen (secondary N) is 1. The van der Waals surface area contributed by atoms with Crippen molar-refractivity contribution >= 4 is 52.0 Å². The average molecular weight is 425 g/mol. The van der Waals surface area contributed by atoms with Gasteiger partial charge in [0.1, 0.15) is 12.1 Å². The van der Waals surface area contributed by atoms with E-state index in [1.165, 1.54) is 24.8 Å². The van der Waals surface area contributed by atoms with Gasteiger partial charge in [-0.3, -0.25) is 24.6 Å². The molecular formula is C22H24N4O3S. The van der Waals surface area contributed by atoms with Crippen molar-refractivity contribution in [3.8, 4) is 0 Å². The minimum atomic E-state index is -0.513. The summed E-state index contributed by atoms with van der Waals surface area (Å²) in [7, 11) is 1.53. The lowest BCUT2D eigenvalue weighted by molar-refractivity contribution is -0.132. The Hall–Kier alpha value is -3.00. The highest BCUT2D eigenvalue weighted by atomic mass is 32.1. The van der Waals surface area contributed by atoms with E-state index < -0.39 is 11.8 Å². The summed E-state index contributed by atoms with van der Waals surface area (Å²) < 4.78 is 1.90. The summed E-state index contributed by atoms with van der Waals surface area (Å²) in [5, 5.41) is 3.50. The van der Waals surface area contributed by atoms with Crippen molar-refractivity contribution in [1.29, 1.82) is 0 Å². The van der Waals surface area contributed by atoms with Gasteiger partial charge in [0.2, 0.25) is 5.91 Å². The predicted octanol–water partition coefficient (Wildman–Crippen LogP) is 2.30. The van der Waals surface area contributed by atoms with Crippen molar-refractivity contribution in [2.45, 2.75) is 32.2 Å². The number of likely N-dealkylation sites (tertiary alicyclic amines) is 1. The zero-order valence-electron chi connectivity index (χ0n) is 16.9. The van der Waals surface area contributed by atoms with E-state index in [2.05, 4.69) is 5.32 Å². The van der Waals surface area contributed by atoms with Crippen LogP contribution in [-0.4, -0.2) is 57.3 Å². The molecule has 4 rings (SSSR count). The largest absolute Gasteiger partial charge is 0.341 e. The number of hydrogen-bond acceptors (Lipinski definition) is 4. The zero-order valence-corrected chi connectivity index (χ0v) is 17.7. The minimum Gasteiger partial charge on any atom is -0.341 e. The number of aromatic nitrogens is 1. The van der Waals surface area contributed by atoms with Crippen LogP contribution in [0.15, 0.2) is 36.0 Å². The molecule has 0 atom stereocenters. The third kappa shape index (κ3) is 3.87. The Kier molecular flexibility index (Phi) is 5.67. The first-order valence-electron chi connectivity index (χ1n) is 10.2. The fourth-order valence-corrected chi connectivity index (χ4v) is 4.16. The molecule has 2 aliphatic heterocycles. The summed E-state index contributed by atoms with van der Waals surface area (Å²) in [6.45, 7) is 1.83. The number of nitrogens with zero attached hydrogens (tertiary/aromatic N) is 3. The van der Waals surface area contributed by atoms with Crippen LogP contribution < -0.4 is 5.32 Å². The second-order valence-corrected chi connectivity index (χ2v) is 8.09. The van der Waals surface area contributed by atoms with E-state index in [1.54, 1.807) is 6.08 Å². The van der Waals surface area contributed by atoms with Crippen LogP contribution in [-0.2, 0) is 20.9 Å². The minimum absolute atomic E-state index is 0.0212. The van der Waals surface area contributed by atoms with Crippen molar-refractivity contribution in [3.05, 3.63) is 41.6 Å². The maximum Gasteiger partial charge on any atom is 0.265 e. The molecule has 0 spiro atoms. The Morgan fingerprint density at radius 1 is 1.13 bits per heavy atom. The normalized spacial score (nSPS) is 19.4. The third-order valence-electron chi connectivity index (χ3n) is 5.69. The molecule has 156 valence electrons. The van der Waals surface area contributed by atoms with Crippen molar-refractivity contribution in [3.63, 3.8) is 0 Å². The van der Waals surface area contributed by atoms with E-state index >= 15 is 0 Å². The van der Waals surface area contributed by atoms with E-state index in [0.29, 0.717) is 5.56 Å². The highest BCUT2D eigenvalue weighted by Crippen LogP contribution is 2.25. The lowest BCUT2D eigenvalue weighted by Crippen LogP contribution is -2.52. The summed E-state index contributed by atoms with van der Waals surface area (Å²) in [5.74, 6) is -0.866. The van der Waals surface area contributed by atoms with E-state index in [0.717, 1.165) is 36.8 Å². The Labute approximate surface area is 180 Å².